The number of alkyl halides is 3. The number of likely N-dealkylation sites (tertiary alicyclic amines) is 1. The third-order valence-corrected chi connectivity index (χ3v) is 6.65. The fraction of sp³-hybridized carbons (Fsp3) is 0.500. The molecule has 10 nitrogen and oxygen atoms in total. The van der Waals surface area contributed by atoms with Crippen LogP contribution in [0.25, 0.3) is 0 Å². The van der Waals surface area contributed by atoms with Crippen molar-refractivity contribution in [2.45, 2.75) is 42.6 Å². The van der Waals surface area contributed by atoms with Gasteiger partial charge in [-0.1, -0.05) is 0 Å². The second kappa shape index (κ2) is 9.03. The number of amides is 2. The highest BCUT2D eigenvalue weighted by atomic mass is 32.2. The lowest BCUT2D eigenvalue weighted by molar-refractivity contribution is -0.274. The lowest BCUT2D eigenvalue weighted by Gasteiger charge is -2.34. The average Bonchev–Trinajstić information content (AvgIpc) is 3.04. The third kappa shape index (κ3) is 5.55. The maximum Gasteiger partial charge on any atom is 0.573 e. The first kappa shape index (κ1) is 23.9. The molecule has 1 unspecified atom stereocenters. The predicted molar refractivity (Wildman–Crippen MR) is 101 cm³/mol. The molecule has 176 valence electrons. The topological polar surface area (TPSA) is 131 Å². The van der Waals surface area contributed by atoms with E-state index in [9.17, 15) is 36.0 Å². The van der Waals surface area contributed by atoms with Gasteiger partial charge in [-0.3, -0.25) is 19.8 Å². The summed E-state index contributed by atoms with van der Waals surface area (Å²) in [6.45, 7) is 0.731. The highest BCUT2D eigenvalue weighted by Gasteiger charge is 2.38. The average molecular weight is 479 g/mol. The van der Waals surface area contributed by atoms with E-state index in [0.717, 1.165) is 25.3 Å². The molecule has 2 N–H and O–H groups in total. The molecule has 2 aliphatic heterocycles. The van der Waals surface area contributed by atoms with Crippen LogP contribution >= 0.6 is 0 Å². The summed E-state index contributed by atoms with van der Waals surface area (Å²) in [5.74, 6) is -2.83. The first-order chi connectivity index (χ1) is 14.9. The smallest absolute Gasteiger partial charge is 0.465 e. The summed E-state index contributed by atoms with van der Waals surface area (Å²) in [5, 5.41) is 2.22. The van der Waals surface area contributed by atoms with Gasteiger partial charge in [0.1, 0.15) is 11.3 Å². The Morgan fingerprint density at radius 3 is 2.41 bits per heavy atom. The monoisotopic (exact) mass is 479 g/mol. The van der Waals surface area contributed by atoms with Crippen LogP contribution in [0.3, 0.4) is 0 Å². The Balaban J connectivity index is 1.71. The van der Waals surface area contributed by atoms with Gasteiger partial charge in [-0.25, -0.2) is 17.9 Å². The predicted octanol–water partition coefficient (Wildman–Crippen LogP) is 0.530. The van der Waals surface area contributed by atoms with Gasteiger partial charge in [-0.2, -0.15) is 0 Å². The van der Waals surface area contributed by atoms with Crippen LogP contribution in [0.2, 0.25) is 0 Å². The number of nitrogens with zero attached hydrogens (tertiary/aromatic N) is 1. The number of halogens is 3. The zero-order valence-corrected chi connectivity index (χ0v) is 17.6. The van der Waals surface area contributed by atoms with Crippen molar-refractivity contribution in [3.05, 3.63) is 23.8 Å². The molecule has 0 aromatic heterocycles. The van der Waals surface area contributed by atoms with E-state index in [4.69, 9.17) is 0 Å². The summed E-state index contributed by atoms with van der Waals surface area (Å²) < 4.78 is 73.8. The zero-order valence-electron chi connectivity index (χ0n) is 16.8. The number of rotatable bonds is 6. The number of hydrogen-bond acceptors (Lipinski definition) is 8. The van der Waals surface area contributed by atoms with Crippen molar-refractivity contribution in [1.29, 1.82) is 0 Å². The molecule has 1 atom stereocenters. The molecule has 2 aliphatic rings. The van der Waals surface area contributed by atoms with E-state index in [1.807, 2.05) is 0 Å². The second-order valence-electron chi connectivity index (χ2n) is 7.26. The molecule has 3 rings (SSSR count). The summed E-state index contributed by atoms with van der Waals surface area (Å²) in [5.41, 5.74) is -0.695. The molecule has 2 fully saturated rings. The summed E-state index contributed by atoms with van der Waals surface area (Å²) in [4.78, 5) is 36.4. The fourth-order valence-electron chi connectivity index (χ4n) is 3.61. The van der Waals surface area contributed by atoms with Gasteiger partial charge < -0.3 is 9.47 Å². The van der Waals surface area contributed by atoms with Gasteiger partial charge in [0.2, 0.25) is 21.8 Å². The first-order valence-corrected chi connectivity index (χ1v) is 11.0. The number of carbonyl (C=O) groups excluding carboxylic acids is 3. The SMILES string of the molecule is COC(=O)c1cc(S(=O)(=O)NC2CCN(C3CC(=O)NC3=O)CC2)ccc1OC(F)(F)F. The number of benzene rings is 1. The number of piperidine rings is 1. The van der Waals surface area contributed by atoms with Crippen LogP contribution < -0.4 is 14.8 Å². The number of sulfonamides is 1. The third-order valence-electron chi connectivity index (χ3n) is 5.13. The largest absolute Gasteiger partial charge is 0.573 e. The van der Waals surface area contributed by atoms with Crippen LogP contribution in [0.15, 0.2) is 23.1 Å². The van der Waals surface area contributed by atoms with E-state index in [2.05, 4.69) is 19.5 Å². The lowest BCUT2D eigenvalue weighted by atomic mass is 10.0. The van der Waals surface area contributed by atoms with E-state index in [-0.39, 0.29) is 18.2 Å². The van der Waals surface area contributed by atoms with E-state index in [1.165, 1.54) is 0 Å². The van der Waals surface area contributed by atoms with E-state index >= 15 is 0 Å². The minimum absolute atomic E-state index is 0.0535. The van der Waals surface area contributed by atoms with Crippen LogP contribution in [0.1, 0.15) is 29.6 Å². The van der Waals surface area contributed by atoms with Crippen molar-refractivity contribution < 1.29 is 45.4 Å². The van der Waals surface area contributed by atoms with E-state index in [1.54, 1.807) is 4.90 Å². The van der Waals surface area contributed by atoms with Gasteiger partial charge >= 0.3 is 12.3 Å². The molecular formula is C18H20F3N3O7S. The van der Waals surface area contributed by atoms with Gasteiger partial charge in [0.25, 0.3) is 0 Å². The fourth-order valence-corrected chi connectivity index (χ4v) is 4.94. The van der Waals surface area contributed by atoms with Crippen molar-refractivity contribution in [2.75, 3.05) is 20.2 Å². The molecule has 0 aliphatic carbocycles. The molecule has 2 amide bonds. The van der Waals surface area contributed by atoms with Crippen LogP contribution in [-0.2, 0) is 24.3 Å². The minimum Gasteiger partial charge on any atom is -0.465 e. The molecule has 1 aromatic carbocycles. The Morgan fingerprint density at radius 1 is 1.22 bits per heavy atom. The molecule has 32 heavy (non-hydrogen) atoms. The van der Waals surface area contributed by atoms with E-state index in [0.29, 0.717) is 25.9 Å². The van der Waals surface area contributed by atoms with Crippen molar-refractivity contribution in [2.24, 2.45) is 0 Å². The van der Waals surface area contributed by atoms with Crippen LogP contribution in [-0.4, -0.2) is 69.7 Å². The number of nitrogens with one attached hydrogen (secondary N) is 2. The molecule has 1 aromatic rings. The number of methoxy groups -OCH3 is 1. The maximum atomic E-state index is 12.7. The Morgan fingerprint density at radius 2 is 1.88 bits per heavy atom. The van der Waals surface area contributed by atoms with Crippen LogP contribution in [0.4, 0.5) is 13.2 Å². The van der Waals surface area contributed by atoms with Gasteiger partial charge in [0.15, 0.2) is 0 Å². The lowest BCUT2D eigenvalue weighted by Crippen LogP contribution is -2.49. The highest BCUT2D eigenvalue weighted by Crippen LogP contribution is 2.29. The van der Waals surface area contributed by atoms with Crippen molar-refractivity contribution in [3.8, 4) is 5.75 Å². The Bertz CT molecular complexity index is 1020. The summed E-state index contributed by atoms with van der Waals surface area (Å²) in [6.07, 6.45) is -4.35. The van der Waals surface area contributed by atoms with E-state index < -0.39 is 50.6 Å². The molecule has 0 radical (unpaired) electrons. The Kier molecular flexibility index (Phi) is 6.76. The number of carbonyl (C=O) groups is 3. The minimum atomic E-state index is -5.09. The first-order valence-electron chi connectivity index (χ1n) is 9.48. The molecule has 0 saturated carbocycles. The number of ether oxygens (including phenoxy) is 2. The second-order valence-corrected chi connectivity index (χ2v) is 8.98. The quantitative estimate of drug-likeness (QED) is 0.446. The molecule has 0 bridgehead atoms. The molecule has 14 heteroatoms. The molecule has 2 saturated heterocycles. The van der Waals surface area contributed by atoms with Crippen molar-refractivity contribution in [1.82, 2.24) is 14.9 Å². The molecule has 0 spiro atoms. The number of hydrogen-bond donors (Lipinski definition) is 2. The standard InChI is InChI=1S/C18H20F3N3O7S/c1-30-17(27)12-8-11(2-3-14(12)31-18(19,20)21)32(28,29)23-10-4-6-24(7-5-10)13-9-15(25)22-16(13)26/h2-3,8,10,13,23H,4-7,9H2,1H3,(H,22,25,26). The van der Waals surface area contributed by atoms with Gasteiger partial charge in [0.05, 0.1) is 24.5 Å². The van der Waals surface area contributed by atoms with Crippen molar-refractivity contribution >= 4 is 27.8 Å². The van der Waals surface area contributed by atoms with Gasteiger partial charge in [-0.15, -0.1) is 13.2 Å². The van der Waals surface area contributed by atoms with Crippen LogP contribution in [0, 0.1) is 0 Å². The number of imide groups is 1. The Labute approximate surface area is 181 Å². The van der Waals surface area contributed by atoms with Gasteiger partial charge in [0, 0.05) is 19.1 Å². The number of esters is 1. The summed E-state index contributed by atoms with van der Waals surface area (Å²) in [7, 11) is -3.25. The maximum absolute atomic E-state index is 12.7. The normalized spacial score (nSPS) is 20.8. The van der Waals surface area contributed by atoms with Crippen LogP contribution in [0.5, 0.6) is 5.75 Å². The molecule has 2 heterocycles. The Hall–Kier alpha value is -2.71. The highest BCUT2D eigenvalue weighted by molar-refractivity contribution is 7.89. The van der Waals surface area contributed by atoms with Gasteiger partial charge in [-0.05, 0) is 31.0 Å². The van der Waals surface area contributed by atoms with Crippen molar-refractivity contribution in [3.63, 3.8) is 0 Å². The molecular weight excluding hydrogens is 459 g/mol. The zero-order chi connectivity index (χ0) is 23.7. The summed E-state index contributed by atoms with van der Waals surface area (Å²) >= 11 is 0. The summed E-state index contributed by atoms with van der Waals surface area (Å²) in [6, 6.07) is 1.28.